The van der Waals surface area contributed by atoms with E-state index < -0.39 is 0 Å². The van der Waals surface area contributed by atoms with E-state index in [0.717, 1.165) is 18.4 Å². The molecule has 8 heteroatoms. The molecular formula is C22H22ClN3O4. The van der Waals surface area contributed by atoms with Crippen molar-refractivity contribution < 1.29 is 18.8 Å². The maximum atomic E-state index is 12.9. The summed E-state index contributed by atoms with van der Waals surface area (Å²) in [7, 11) is 3.17. The highest BCUT2D eigenvalue weighted by Crippen LogP contribution is 2.33. The van der Waals surface area contributed by atoms with Crippen molar-refractivity contribution in [2.75, 3.05) is 27.3 Å². The Morgan fingerprint density at radius 3 is 2.73 bits per heavy atom. The molecule has 3 aromatic rings. The third-order valence-electron chi connectivity index (χ3n) is 5.25. The second-order valence-corrected chi connectivity index (χ2v) is 7.50. The quantitative estimate of drug-likeness (QED) is 0.599. The number of ether oxygens (including phenoxy) is 2. The largest absolute Gasteiger partial charge is 0.493 e. The second kappa shape index (κ2) is 8.75. The molecule has 7 nitrogen and oxygen atoms in total. The van der Waals surface area contributed by atoms with Gasteiger partial charge in [0, 0.05) is 18.7 Å². The molecule has 4 rings (SSSR count). The molecule has 1 aliphatic heterocycles. The summed E-state index contributed by atoms with van der Waals surface area (Å²) >= 11 is 6.20. The van der Waals surface area contributed by atoms with Crippen LogP contribution in [0.1, 0.15) is 35.0 Å². The number of likely N-dealkylation sites (tertiary alicyclic amines) is 1. The van der Waals surface area contributed by atoms with E-state index in [4.69, 9.17) is 25.6 Å². The van der Waals surface area contributed by atoms with Gasteiger partial charge < -0.3 is 18.9 Å². The van der Waals surface area contributed by atoms with Crippen LogP contribution < -0.4 is 9.47 Å². The molecule has 2 aromatic carbocycles. The molecule has 1 aromatic heterocycles. The van der Waals surface area contributed by atoms with Crippen molar-refractivity contribution in [1.29, 1.82) is 0 Å². The molecule has 2 heterocycles. The monoisotopic (exact) mass is 427 g/mol. The molecule has 30 heavy (non-hydrogen) atoms. The van der Waals surface area contributed by atoms with Gasteiger partial charge in [0.2, 0.25) is 11.7 Å². The zero-order valence-corrected chi connectivity index (χ0v) is 17.6. The van der Waals surface area contributed by atoms with Crippen molar-refractivity contribution in [3.63, 3.8) is 0 Å². The fourth-order valence-corrected chi connectivity index (χ4v) is 3.88. The lowest BCUT2D eigenvalue weighted by atomic mass is 9.97. The average molecular weight is 428 g/mol. The summed E-state index contributed by atoms with van der Waals surface area (Å²) in [4.78, 5) is 19.3. The molecule has 0 spiro atoms. The molecule has 0 aliphatic carbocycles. The van der Waals surface area contributed by atoms with E-state index >= 15 is 0 Å². The Morgan fingerprint density at radius 2 is 1.97 bits per heavy atom. The Bertz CT molecular complexity index is 1050. The topological polar surface area (TPSA) is 77.7 Å². The second-order valence-electron chi connectivity index (χ2n) is 7.10. The Balaban J connectivity index is 1.52. The van der Waals surface area contributed by atoms with E-state index in [0.29, 0.717) is 46.9 Å². The van der Waals surface area contributed by atoms with Crippen LogP contribution in [0.25, 0.3) is 11.4 Å². The predicted molar refractivity (Wildman–Crippen MR) is 112 cm³/mol. The normalized spacial score (nSPS) is 16.4. The van der Waals surface area contributed by atoms with Gasteiger partial charge in [0.05, 0.1) is 30.7 Å². The Labute approximate surface area is 179 Å². The third-order valence-corrected chi connectivity index (χ3v) is 5.58. The minimum Gasteiger partial charge on any atom is -0.493 e. The lowest BCUT2D eigenvalue weighted by Gasteiger charge is -2.31. The molecule has 0 saturated carbocycles. The van der Waals surface area contributed by atoms with Crippen LogP contribution in [0.3, 0.4) is 0 Å². The van der Waals surface area contributed by atoms with Gasteiger partial charge in [-0.3, -0.25) is 4.79 Å². The smallest absolute Gasteiger partial charge is 0.255 e. The number of rotatable bonds is 5. The van der Waals surface area contributed by atoms with Gasteiger partial charge in [-0.2, -0.15) is 4.98 Å². The van der Waals surface area contributed by atoms with Crippen molar-refractivity contribution in [1.82, 2.24) is 15.0 Å². The SMILES string of the molecule is COc1ccc(-c2noc([C@@H]3CCCN(C(=O)c4ccccc4Cl)C3)n2)cc1OC. The van der Waals surface area contributed by atoms with Gasteiger partial charge in [-0.25, -0.2) is 0 Å². The van der Waals surface area contributed by atoms with Crippen LogP contribution in [0.4, 0.5) is 0 Å². The minimum absolute atomic E-state index is 0.0217. The molecule has 1 amide bonds. The summed E-state index contributed by atoms with van der Waals surface area (Å²) in [6, 6.07) is 12.6. The standard InChI is InChI=1S/C22H22ClN3O4/c1-28-18-10-9-14(12-19(18)29-2)20-24-21(30-25-20)15-6-5-11-26(13-15)22(27)16-7-3-4-8-17(16)23/h3-4,7-10,12,15H,5-6,11,13H2,1-2H3/t15-/m1/s1. The highest BCUT2D eigenvalue weighted by Gasteiger charge is 2.30. The molecular weight excluding hydrogens is 406 g/mol. The van der Waals surface area contributed by atoms with Gasteiger partial charge in [-0.1, -0.05) is 28.9 Å². The molecule has 156 valence electrons. The number of carbonyl (C=O) groups excluding carboxylic acids is 1. The molecule has 0 unspecified atom stereocenters. The van der Waals surface area contributed by atoms with E-state index in [2.05, 4.69) is 10.1 Å². The predicted octanol–water partition coefficient (Wildman–Crippen LogP) is 4.43. The molecule has 1 fully saturated rings. The number of hydrogen-bond donors (Lipinski definition) is 0. The van der Waals surface area contributed by atoms with Gasteiger partial charge in [-0.15, -0.1) is 0 Å². The fourth-order valence-electron chi connectivity index (χ4n) is 3.66. The first-order valence-corrected chi connectivity index (χ1v) is 10.1. The maximum absolute atomic E-state index is 12.9. The number of methoxy groups -OCH3 is 2. The Morgan fingerprint density at radius 1 is 1.17 bits per heavy atom. The van der Waals surface area contributed by atoms with E-state index in [9.17, 15) is 4.79 Å². The van der Waals surface area contributed by atoms with Gasteiger partial charge in [0.15, 0.2) is 11.5 Å². The van der Waals surface area contributed by atoms with Crippen molar-refractivity contribution in [2.45, 2.75) is 18.8 Å². The third kappa shape index (κ3) is 3.98. The van der Waals surface area contributed by atoms with Gasteiger partial charge in [0.1, 0.15) is 0 Å². The van der Waals surface area contributed by atoms with Crippen molar-refractivity contribution in [3.05, 3.63) is 58.9 Å². The van der Waals surface area contributed by atoms with Gasteiger partial charge in [0.25, 0.3) is 5.91 Å². The number of benzene rings is 2. The van der Waals surface area contributed by atoms with E-state index in [1.165, 1.54) is 0 Å². The Hall–Kier alpha value is -3.06. The van der Waals surface area contributed by atoms with Crippen LogP contribution >= 0.6 is 11.6 Å². The number of aromatic nitrogens is 2. The van der Waals surface area contributed by atoms with Crippen LogP contribution in [0.2, 0.25) is 5.02 Å². The van der Waals surface area contributed by atoms with Gasteiger partial charge >= 0.3 is 0 Å². The van der Waals surface area contributed by atoms with E-state index in [-0.39, 0.29) is 11.8 Å². The number of nitrogens with zero attached hydrogens (tertiary/aromatic N) is 3. The number of piperidine rings is 1. The first-order valence-electron chi connectivity index (χ1n) is 9.70. The van der Waals surface area contributed by atoms with Crippen molar-refractivity contribution in [3.8, 4) is 22.9 Å². The summed E-state index contributed by atoms with van der Waals surface area (Å²) in [5.74, 6) is 2.12. The highest BCUT2D eigenvalue weighted by molar-refractivity contribution is 6.33. The zero-order chi connectivity index (χ0) is 21.1. The number of carbonyl (C=O) groups is 1. The lowest BCUT2D eigenvalue weighted by molar-refractivity contribution is 0.0696. The molecule has 1 saturated heterocycles. The van der Waals surface area contributed by atoms with Crippen LogP contribution in [-0.2, 0) is 0 Å². The first kappa shape index (κ1) is 20.2. The molecule has 0 radical (unpaired) electrons. The van der Waals surface area contributed by atoms with Crippen LogP contribution in [-0.4, -0.2) is 48.3 Å². The van der Waals surface area contributed by atoms with Crippen molar-refractivity contribution in [2.24, 2.45) is 0 Å². The van der Waals surface area contributed by atoms with Crippen molar-refractivity contribution >= 4 is 17.5 Å². The molecule has 1 atom stereocenters. The summed E-state index contributed by atoms with van der Waals surface area (Å²) in [6.45, 7) is 1.19. The van der Waals surface area contributed by atoms with Crippen LogP contribution in [0.5, 0.6) is 11.5 Å². The number of hydrogen-bond acceptors (Lipinski definition) is 6. The fraction of sp³-hybridized carbons (Fsp3) is 0.318. The minimum atomic E-state index is -0.0788. The summed E-state index contributed by atoms with van der Waals surface area (Å²) in [6.07, 6.45) is 1.73. The summed E-state index contributed by atoms with van der Waals surface area (Å²) < 4.78 is 16.2. The molecule has 0 N–H and O–H groups in total. The highest BCUT2D eigenvalue weighted by atomic mass is 35.5. The van der Waals surface area contributed by atoms with Gasteiger partial charge in [-0.05, 0) is 43.2 Å². The number of halogens is 1. The summed E-state index contributed by atoms with van der Waals surface area (Å²) in [5.41, 5.74) is 1.28. The zero-order valence-electron chi connectivity index (χ0n) is 16.8. The number of amides is 1. The molecule has 1 aliphatic rings. The molecule has 0 bridgehead atoms. The summed E-state index contributed by atoms with van der Waals surface area (Å²) in [5, 5.41) is 4.58. The maximum Gasteiger partial charge on any atom is 0.255 e. The van der Waals surface area contributed by atoms with E-state index in [1.54, 1.807) is 37.3 Å². The van der Waals surface area contributed by atoms with Crippen LogP contribution in [0.15, 0.2) is 47.0 Å². The van der Waals surface area contributed by atoms with E-state index in [1.807, 2.05) is 24.3 Å². The lowest BCUT2D eigenvalue weighted by Crippen LogP contribution is -2.39. The Kier molecular flexibility index (Phi) is 5.90. The first-order chi connectivity index (χ1) is 14.6. The average Bonchev–Trinajstić information content (AvgIpc) is 3.29. The van der Waals surface area contributed by atoms with Crippen LogP contribution in [0, 0.1) is 0 Å².